The fraction of sp³-hybridized carbons (Fsp3) is 0.722. The van der Waals surface area contributed by atoms with Gasteiger partial charge in [0.25, 0.3) is 0 Å². The molecule has 2 aliphatic heterocycles. The van der Waals surface area contributed by atoms with Crippen LogP contribution in [-0.4, -0.2) is 121 Å². The molecule has 0 aliphatic carbocycles. The topological polar surface area (TPSA) is 154 Å². The number of aliphatic carboxylic acids is 2. The van der Waals surface area contributed by atoms with E-state index >= 15 is 0 Å². The number of ether oxygens (including phenoxy) is 2. The zero-order chi connectivity index (χ0) is 28.6. The highest BCUT2D eigenvalue weighted by Crippen LogP contribution is 2.35. The Kier molecular flexibility index (Phi) is 11.5. The predicted molar refractivity (Wildman–Crippen MR) is 114 cm³/mol. The molecule has 3 N–H and O–H groups in total. The zero-order valence-corrected chi connectivity index (χ0v) is 20.5. The summed E-state index contributed by atoms with van der Waals surface area (Å²) in [5.74, 6) is -5.52. The number of methoxy groups -OCH3 is 1. The van der Waals surface area contributed by atoms with Crippen LogP contribution in [0.25, 0.3) is 0 Å². The Hall–Kier alpha value is -2.77. The molecular weight excluding hydrogens is 544 g/mol. The number of amides is 1. The number of rotatable bonds is 5. The normalized spacial score (nSPS) is 19.1. The van der Waals surface area contributed by atoms with E-state index in [1.807, 2.05) is 14.0 Å². The molecule has 3 heterocycles. The van der Waals surface area contributed by atoms with Crippen LogP contribution in [-0.2, 0) is 23.9 Å². The second-order valence-corrected chi connectivity index (χ2v) is 8.93. The Bertz CT molecular complexity index is 900. The van der Waals surface area contributed by atoms with Crippen LogP contribution in [0.1, 0.15) is 5.01 Å². The summed E-state index contributed by atoms with van der Waals surface area (Å²) in [5.41, 5.74) is -0.197. The van der Waals surface area contributed by atoms with E-state index in [0.717, 1.165) is 29.8 Å². The molecule has 212 valence electrons. The molecule has 0 aromatic carbocycles. The number of aryl methyl sites for hydroxylation is 1. The number of aromatic nitrogens is 2. The third-order valence-electron chi connectivity index (χ3n) is 4.75. The van der Waals surface area contributed by atoms with Crippen molar-refractivity contribution in [3.8, 4) is 0 Å². The van der Waals surface area contributed by atoms with E-state index in [2.05, 4.69) is 25.3 Å². The van der Waals surface area contributed by atoms with Crippen LogP contribution in [0.2, 0.25) is 0 Å². The molecule has 0 radical (unpaired) electrons. The molecule has 12 nitrogen and oxygen atoms in total. The molecular formula is C18H25F6N5O7S. The van der Waals surface area contributed by atoms with Gasteiger partial charge in [-0.3, -0.25) is 9.69 Å². The van der Waals surface area contributed by atoms with Crippen molar-refractivity contribution in [2.45, 2.75) is 30.9 Å². The smallest absolute Gasteiger partial charge is 0.475 e. The van der Waals surface area contributed by atoms with E-state index in [9.17, 15) is 31.1 Å². The quantitative estimate of drug-likeness (QED) is 0.340. The van der Waals surface area contributed by atoms with Crippen LogP contribution in [0.4, 0.5) is 31.5 Å². The molecule has 19 heteroatoms. The monoisotopic (exact) mass is 569 g/mol. The van der Waals surface area contributed by atoms with Gasteiger partial charge in [-0.2, -0.15) is 26.3 Å². The number of hydrogen-bond donors (Lipinski definition) is 3. The third-order valence-corrected chi connectivity index (χ3v) is 5.65. The van der Waals surface area contributed by atoms with E-state index in [1.54, 1.807) is 18.4 Å². The van der Waals surface area contributed by atoms with Gasteiger partial charge in [0.05, 0.1) is 26.3 Å². The lowest BCUT2D eigenvalue weighted by atomic mass is 9.91. The van der Waals surface area contributed by atoms with Crippen LogP contribution < -0.4 is 10.2 Å². The van der Waals surface area contributed by atoms with Gasteiger partial charge in [-0.05, 0) is 14.0 Å². The summed E-state index contributed by atoms with van der Waals surface area (Å²) in [5, 5.41) is 27.3. The minimum atomic E-state index is -5.08. The Morgan fingerprint density at radius 2 is 1.62 bits per heavy atom. The zero-order valence-electron chi connectivity index (χ0n) is 19.7. The van der Waals surface area contributed by atoms with Gasteiger partial charge in [0, 0.05) is 20.2 Å². The highest BCUT2D eigenvalue weighted by molar-refractivity contribution is 7.15. The molecule has 1 amide bonds. The number of nitrogens with zero attached hydrogens (tertiary/aromatic N) is 4. The molecule has 37 heavy (non-hydrogen) atoms. The Labute approximate surface area is 210 Å². The van der Waals surface area contributed by atoms with E-state index in [-0.39, 0.29) is 17.6 Å². The summed E-state index contributed by atoms with van der Waals surface area (Å²) in [6.45, 7) is 5.74. The highest BCUT2D eigenvalue weighted by atomic mass is 32.1. The molecule has 1 aromatic heterocycles. The van der Waals surface area contributed by atoms with Crippen LogP contribution in [0.3, 0.4) is 0 Å². The summed E-state index contributed by atoms with van der Waals surface area (Å²) in [6.07, 6.45) is -10.2. The number of carboxylic acid groups (broad SMARTS) is 2. The SMILES string of the molecule is COCCNC(=O)C1COC2(CN(c3nnc(C)s3)C2)CN1C.O=C(O)C(F)(F)F.O=C(O)C(F)(F)F. The Morgan fingerprint density at radius 3 is 2.00 bits per heavy atom. The Morgan fingerprint density at radius 1 is 1.11 bits per heavy atom. The van der Waals surface area contributed by atoms with Crippen molar-refractivity contribution < 1.29 is 60.4 Å². The van der Waals surface area contributed by atoms with Gasteiger partial charge >= 0.3 is 24.3 Å². The van der Waals surface area contributed by atoms with E-state index in [4.69, 9.17) is 29.3 Å². The van der Waals surface area contributed by atoms with Crippen molar-refractivity contribution in [1.82, 2.24) is 20.4 Å². The molecule has 0 saturated carbocycles. The second kappa shape index (κ2) is 13.2. The minimum absolute atomic E-state index is 0.00433. The fourth-order valence-corrected chi connectivity index (χ4v) is 3.74. The number of likely N-dealkylation sites (N-methyl/N-ethyl adjacent to an activating group) is 1. The minimum Gasteiger partial charge on any atom is -0.475 e. The lowest BCUT2D eigenvalue weighted by molar-refractivity contribution is -0.193. The van der Waals surface area contributed by atoms with Crippen molar-refractivity contribution in [3.05, 3.63) is 5.01 Å². The molecule has 3 rings (SSSR count). The van der Waals surface area contributed by atoms with Crippen LogP contribution in [0.15, 0.2) is 0 Å². The average Bonchev–Trinajstić information content (AvgIpc) is 3.17. The van der Waals surface area contributed by atoms with E-state index in [1.165, 1.54) is 0 Å². The Balaban J connectivity index is 0.000000404. The van der Waals surface area contributed by atoms with Gasteiger partial charge in [0.15, 0.2) is 0 Å². The fourth-order valence-electron chi connectivity index (χ4n) is 3.05. The molecule has 1 atom stereocenters. The van der Waals surface area contributed by atoms with E-state index in [0.29, 0.717) is 19.8 Å². The van der Waals surface area contributed by atoms with Crippen LogP contribution in [0, 0.1) is 6.92 Å². The summed E-state index contributed by atoms with van der Waals surface area (Å²) < 4.78 is 74.5. The maximum Gasteiger partial charge on any atom is 0.490 e. The van der Waals surface area contributed by atoms with Gasteiger partial charge in [0.1, 0.15) is 16.7 Å². The molecule has 0 bridgehead atoms. The van der Waals surface area contributed by atoms with Crippen molar-refractivity contribution in [2.75, 3.05) is 58.5 Å². The number of nitrogens with one attached hydrogen (secondary N) is 1. The van der Waals surface area contributed by atoms with Crippen molar-refractivity contribution >= 4 is 34.3 Å². The van der Waals surface area contributed by atoms with Crippen molar-refractivity contribution in [2.24, 2.45) is 0 Å². The number of anilines is 1. The lowest BCUT2D eigenvalue weighted by Crippen LogP contribution is -2.72. The first kappa shape index (κ1) is 32.3. The largest absolute Gasteiger partial charge is 0.490 e. The number of carboxylic acids is 2. The summed E-state index contributed by atoms with van der Waals surface area (Å²) in [4.78, 5) is 34.2. The maximum absolute atomic E-state index is 12.2. The maximum atomic E-state index is 12.2. The van der Waals surface area contributed by atoms with E-state index < -0.39 is 24.3 Å². The number of halogens is 6. The van der Waals surface area contributed by atoms with Crippen molar-refractivity contribution in [1.29, 1.82) is 0 Å². The number of alkyl halides is 6. The van der Waals surface area contributed by atoms with Crippen molar-refractivity contribution in [3.63, 3.8) is 0 Å². The number of carbonyl (C=O) groups excluding carboxylic acids is 1. The number of carbonyl (C=O) groups is 3. The average molecular weight is 569 g/mol. The standard InChI is InChI=1S/C14H23N5O3S.2C2HF3O2/c1-10-16-17-13(23-10)19-8-14(9-19)7-18(2)11(6-22-14)12(20)15-4-5-21-3;2*3-2(4,5)1(6)7/h11H,4-9H2,1-3H3,(H,15,20);2*(H,6,7). The van der Waals surface area contributed by atoms with Gasteiger partial charge in [0.2, 0.25) is 11.0 Å². The van der Waals surface area contributed by atoms with Crippen LogP contribution >= 0.6 is 11.3 Å². The molecule has 2 fully saturated rings. The highest BCUT2D eigenvalue weighted by Gasteiger charge is 2.50. The molecule has 1 unspecified atom stereocenters. The number of hydrogen-bond acceptors (Lipinski definition) is 10. The van der Waals surface area contributed by atoms with Crippen LogP contribution in [0.5, 0.6) is 0 Å². The second-order valence-electron chi connectivity index (χ2n) is 7.77. The van der Waals surface area contributed by atoms with Gasteiger partial charge in [-0.25, -0.2) is 9.59 Å². The van der Waals surface area contributed by atoms with Gasteiger partial charge in [-0.1, -0.05) is 11.3 Å². The third kappa shape index (κ3) is 10.3. The molecule has 1 spiro atoms. The first-order valence-electron chi connectivity index (χ1n) is 10.2. The molecule has 1 aromatic rings. The number of morpholine rings is 1. The molecule has 2 saturated heterocycles. The first-order valence-corrected chi connectivity index (χ1v) is 11.0. The summed E-state index contributed by atoms with van der Waals surface area (Å²) in [7, 11) is 3.59. The predicted octanol–water partition coefficient (Wildman–Crippen LogP) is 0.765. The molecule has 2 aliphatic rings. The lowest BCUT2D eigenvalue weighted by Gasteiger charge is -2.54. The summed E-state index contributed by atoms with van der Waals surface area (Å²) >= 11 is 1.60. The first-order chi connectivity index (χ1) is 16.9. The van der Waals surface area contributed by atoms with Gasteiger partial charge in [-0.15, -0.1) is 10.2 Å². The summed E-state index contributed by atoms with van der Waals surface area (Å²) in [6, 6.07) is -0.240. The van der Waals surface area contributed by atoms with Gasteiger partial charge < -0.3 is 29.9 Å².